The van der Waals surface area contributed by atoms with Crippen LogP contribution in [0.4, 0.5) is 4.39 Å². The summed E-state index contributed by atoms with van der Waals surface area (Å²) in [5.74, 6) is -1.16. The highest BCUT2D eigenvalue weighted by atomic mass is 32.2. The van der Waals surface area contributed by atoms with Crippen molar-refractivity contribution in [2.45, 2.75) is 24.7 Å². The van der Waals surface area contributed by atoms with E-state index in [1.54, 1.807) is 12.1 Å². The van der Waals surface area contributed by atoms with E-state index in [1.165, 1.54) is 23.9 Å². The van der Waals surface area contributed by atoms with Gasteiger partial charge in [-0.1, -0.05) is 6.92 Å². The minimum absolute atomic E-state index is 0.131. The van der Waals surface area contributed by atoms with E-state index in [-0.39, 0.29) is 24.7 Å². The highest BCUT2D eigenvalue weighted by molar-refractivity contribution is 7.99. The number of hydrogen-bond donors (Lipinski definition) is 2. The molecule has 0 saturated carbocycles. The van der Waals surface area contributed by atoms with Crippen LogP contribution in [0.25, 0.3) is 0 Å². The van der Waals surface area contributed by atoms with Gasteiger partial charge in [-0.2, -0.15) is 0 Å². The zero-order valence-electron chi connectivity index (χ0n) is 13.5. The van der Waals surface area contributed by atoms with Crippen LogP contribution in [-0.4, -0.2) is 43.2 Å². The first-order chi connectivity index (χ1) is 11.5. The van der Waals surface area contributed by atoms with Crippen LogP contribution in [0.5, 0.6) is 0 Å². The Morgan fingerprint density at radius 2 is 1.83 bits per heavy atom. The Kier molecular flexibility index (Phi) is 9.52. The summed E-state index contributed by atoms with van der Waals surface area (Å²) in [6, 6.07) is 5.95. The van der Waals surface area contributed by atoms with Crippen LogP contribution in [0.1, 0.15) is 19.8 Å². The van der Waals surface area contributed by atoms with E-state index < -0.39 is 18.5 Å². The number of amides is 2. The van der Waals surface area contributed by atoms with Crippen molar-refractivity contribution in [2.24, 2.45) is 0 Å². The van der Waals surface area contributed by atoms with Gasteiger partial charge in [-0.3, -0.25) is 14.4 Å². The first-order valence-corrected chi connectivity index (χ1v) is 8.57. The van der Waals surface area contributed by atoms with Gasteiger partial charge in [0.2, 0.25) is 5.91 Å². The van der Waals surface area contributed by atoms with Crippen LogP contribution in [-0.2, 0) is 19.1 Å². The zero-order chi connectivity index (χ0) is 17.8. The second-order valence-corrected chi connectivity index (χ2v) is 6.01. The molecule has 0 aliphatic heterocycles. The fourth-order valence-corrected chi connectivity index (χ4v) is 2.39. The van der Waals surface area contributed by atoms with Crippen LogP contribution in [0, 0.1) is 5.82 Å². The van der Waals surface area contributed by atoms with E-state index in [0.29, 0.717) is 12.3 Å². The Morgan fingerprint density at radius 1 is 1.12 bits per heavy atom. The lowest BCUT2D eigenvalue weighted by Gasteiger charge is -2.07. The lowest BCUT2D eigenvalue weighted by Crippen LogP contribution is -2.38. The molecule has 0 heterocycles. The minimum Gasteiger partial charge on any atom is -0.456 e. The molecular formula is C16H21FN2O4S. The number of thioether (sulfide) groups is 1. The number of rotatable bonds is 10. The third kappa shape index (κ3) is 9.14. The topological polar surface area (TPSA) is 84.5 Å². The van der Waals surface area contributed by atoms with Gasteiger partial charge in [0.05, 0.1) is 13.0 Å². The third-order valence-electron chi connectivity index (χ3n) is 2.77. The molecule has 0 bridgehead atoms. The Hall–Kier alpha value is -2.09. The van der Waals surface area contributed by atoms with Crippen molar-refractivity contribution in [3.8, 4) is 0 Å². The number of esters is 1. The van der Waals surface area contributed by atoms with Gasteiger partial charge in [-0.05, 0) is 30.7 Å². The molecule has 1 aromatic rings. The third-order valence-corrected chi connectivity index (χ3v) is 3.78. The summed E-state index contributed by atoms with van der Waals surface area (Å²) in [7, 11) is 0. The van der Waals surface area contributed by atoms with Crippen LogP contribution in [0.3, 0.4) is 0 Å². The molecule has 24 heavy (non-hydrogen) atoms. The van der Waals surface area contributed by atoms with Crippen molar-refractivity contribution in [2.75, 3.05) is 25.4 Å². The van der Waals surface area contributed by atoms with Crippen LogP contribution in [0.15, 0.2) is 29.2 Å². The molecule has 0 unspecified atom stereocenters. The van der Waals surface area contributed by atoms with Gasteiger partial charge in [0, 0.05) is 17.2 Å². The average Bonchev–Trinajstić information content (AvgIpc) is 2.58. The summed E-state index contributed by atoms with van der Waals surface area (Å²) in [6.45, 7) is 1.92. The number of carbonyl (C=O) groups excluding carboxylic acids is 3. The SMILES string of the molecule is CCCNC(=O)CNC(=O)COC(=O)CCSc1ccc(F)cc1. The lowest BCUT2D eigenvalue weighted by molar-refractivity contribution is -0.148. The molecule has 6 nitrogen and oxygen atoms in total. The summed E-state index contributed by atoms with van der Waals surface area (Å²) < 4.78 is 17.6. The van der Waals surface area contributed by atoms with Crippen LogP contribution >= 0.6 is 11.8 Å². The number of hydrogen-bond acceptors (Lipinski definition) is 5. The monoisotopic (exact) mass is 356 g/mol. The number of ether oxygens (including phenoxy) is 1. The average molecular weight is 356 g/mol. The van der Waals surface area contributed by atoms with Crippen molar-refractivity contribution in [3.63, 3.8) is 0 Å². The fourth-order valence-electron chi connectivity index (χ4n) is 1.56. The molecule has 0 aromatic heterocycles. The quantitative estimate of drug-likeness (QED) is 0.490. The second-order valence-electron chi connectivity index (χ2n) is 4.84. The van der Waals surface area contributed by atoms with Gasteiger partial charge in [0.25, 0.3) is 5.91 Å². The van der Waals surface area contributed by atoms with E-state index in [0.717, 1.165) is 11.3 Å². The lowest BCUT2D eigenvalue weighted by atomic mass is 10.4. The van der Waals surface area contributed by atoms with Gasteiger partial charge >= 0.3 is 5.97 Å². The van der Waals surface area contributed by atoms with E-state index in [9.17, 15) is 18.8 Å². The van der Waals surface area contributed by atoms with Crippen LogP contribution in [0.2, 0.25) is 0 Å². The normalized spacial score (nSPS) is 10.1. The van der Waals surface area contributed by atoms with E-state index in [4.69, 9.17) is 4.74 Å². The standard InChI is InChI=1S/C16H21FN2O4S/c1-2-8-18-14(20)10-19-15(21)11-23-16(22)7-9-24-13-5-3-12(17)4-6-13/h3-6H,2,7-11H2,1H3,(H,18,20)(H,19,21). The summed E-state index contributed by atoms with van der Waals surface area (Å²) in [4.78, 5) is 35.1. The van der Waals surface area contributed by atoms with Crippen molar-refractivity contribution < 1.29 is 23.5 Å². The van der Waals surface area contributed by atoms with Crippen molar-refractivity contribution in [1.29, 1.82) is 0 Å². The fraction of sp³-hybridized carbons (Fsp3) is 0.438. The molecule has 0 aliphatic carbocycles. The molecular weight excluding hydrogens is 335 g/mol. The minimum atomic E-state index is -0.527. The maximum atomic E-state index is 12.7. The highest BCUT2D eigenvalue weighted by Crippen LogP contribution is 2.18. The Balaban J connectivity index is 2.11. The number of halogens is 1. The molecule has 0 fully saturated rings. The molecule has 132 valence electrons. The van der Waals surface area contributed by atoms with Gasteiger partial charge < -0.3 is 15.4 Å². The highest BCUT2D eigenvalue weighted by Gasteiger charge is 2.09. The summed E-state index contributed by atoms with van der Waals surface area (Å²) in [5, 5.41) is 4.98. The largest absolute Gasteiger partial charge is 0.456 e. The number of carbonyl (C=O) groups is 3. The van der Waals surface area contributed by atoms with E-state index in [2.05, 4.69) is 10.6 Å². The number of benzene rings is 1. The molecule has 0 atom stereocenters. The molecule has 1 rings (SSSR count). The summed E-state index contributed by atoms with van der Waals surface area (Å²) in [6.07, 6.45) is 0.944. The Labute approximate surface area is 144 Å². The Morgan fingerprint density at radius 3 is 2.50 bits per heavy atom. The molecule has 2 amide bonds. The van der Waals surface area contributed by atoms with E-state index in [1.807, 2.05) is 6.92 Å². The zero-order valence-corrected chi connectivity index (χ0v) is 14.3. The maximum Gasteiger partial charge on any atom is 0.307 e. The molecule has 8 heteroatoms. The van der Waals surface area contributed by atoms with E-state index >= 15 is 0 Å². The maximum absolute atomic E-state index is 12.7. The predicted octanol–water partition coefficient (Wildman–Crippen LogP) is 1.49. The van der Waals surface area contributed by atoms with Gasteiger partial charge in [0.1, 0.15) is 5.82 Å². The van der Waals surface area contributed by atoms with Crippen molar-refractivity contribution in [3.05, 3.63) is 30.1 Å². The summed E-state index contributed by atoms with van der Waals surface area (Å²) in [5.41, 5.74) is 0. The predicted molar refractivity (Wildman–Crippen MR) is 89.0 cm³/mol. The van der Waals surface area contributed by atoms with Crippen molar-refractivity contribution >= 4 is 29.5 Å². The van der Waals surface area contributed by atoms with Gasteiger partial charge in [-0.25, -0.2) is 4.39 Å². The Bertz CT molecular complexity index is 552. The second kappa shape index (κ2) is 11.4. The van der Waals surface area contributed by atoms with Crippen molar-refractivity contribution in [1.82, 2.24) is 10.6 Å². The first-order valence-electron chi connectivity index (χ1n) is 7.58. The molecule has 1 aromatic carbocycles. The molecule has 0 radical (unpaired) electrons. The molecule has 0 spiro atoms. The first kappa shape index (κ1) is 20.0. The van der Waals surface area contributed by atoms with Crippen LogP contribution < -0.4 is 10.6 Å². The number of nitrogens with one attached hydrogen (secondary N) is 2. The molecule has 2 N–H and O–H groups in total. The molecule has 0 aliphatic rings. The summed E-state index contributed by atoms with van der Waals surface area (Å²) >= 11 is 1.39. The smallest absolute Gasteiger partial charge is 0.307 e. The van der Waals surface area contributed by atoms with Gasteiger partial charge in [-0.15, -0.1) is 11.8 Å². The molecule has 0 saturated heterocycles. The van der Waals surface area contributed by atoms with Gasteiger partial charge in [0.15, 0.2) is 6.61 Å².